The van der Waals surface area contributed by atoms with Crippen LogP contribution in [-0.2, 0) is 0 Å². The first-order valence-electron chi connectivity index (χ1n) is 4.03. The highest BCUT2D eigenvalue weighted by molar-refractivity contribution is 5.92. The van der Waals surface area contributed by atoms with Gasteiger partial charge >= 0.3 is 0 Å². The van der Waals surface area contributed by atoms with Gasteiger partial charge in [-0.15, -0.1) is 0 Å². The molecule has 78 valence electrons. The molecule has 0 bridgehead atoms. The zero-order chi connectivity index (χ0) is 11.3. The van der Waals surface area contributed by atoms with Crippen molar-refractivity contribution in [3.8, 4) is 0 Å². The summed E-state index contributed by atoms with van der Waals surface area (Å²) in [4.78, 5) is 24.6. The van der Waals surface area contributed by atoms with Crippen LogP contribution in [0.15, 0.2) is 23.4 Å². The number of hydrogen-bond acceptors (Lipinski definition) is 5. The average Bonchev–Trinajstić information content (AvgIpc) is 2.26. The van der Waals surface area contributed by atoms with Gasteiger partial charge in [-0.1, -0.05) is 0 Å². The van der Waals surface area contributed by atoms with Gasteiger partial charge in [0, 0.05) is 12.3 Å². The number of pyridine rings is 1. The average molecular weight is 208 g/mol. The predicted molar refractivity (Wildman–Crippen MR) is 52.5 cm³/mol. The highest BCUT2D eigenvalue weighted by Crippen LogP contribution is 2.08. The van der Waals surface area contributed by atoms with Crippen LogP contribution in [0.5, 0.6) is 0 Å². The van der Waals surface area contributed by atoms with Crippen molar-refractivity contribution < 1.29 is 9.72 Å². The molecule has 0 saturated carbocycles. The summed E-state index contributed by atoms with van der Waals surface area (Å²) in [5.41, 5.74) is 2.11. The third-order valence-corrected chi connectivity index (χ3v) is 1.49. The van der Waals surface area contributed by atoms with Gasteiger partial charge in [0.15, 0.2) is 0 Å². The van der Waals surface area contributed by atoms with Crippen LogP contribution in [0.25, 0.3) is 0 Å². The van der Waals surface area contributed by atoms with E-state index < -0.39 is 10.8 Å². The molecule has 0 fully saturated rings. The summed E-state index contributed by atoms with van der Waals surface area (Å²) >= 11 is 0. The second-order valence-electron chi connectivity index (χ2n) is 2.49. The van der Waals surface area contributed by atoms with Gasteiger partial charge in [0.2, 0.25) is 0 Å². The molecule has 1 rings (SSSR count). The lowest BCUT2D eigenvalue weighted by atomic mass is 10.3. The molecule has 0 radical (unpaired) electrons. The number of carbonyl (C=O) groups is 1. The lowest BCUT2D eigenvalue weighted by Crippen LogP contribution is -2.18. The molecule has 1 heterocycles. The molecular weight excluding hydrogens is 200 g/mol. The van der Waals surface area contributed by atoms with E-state index in [-0.39, 0.29) is 11.4 Å². The fraction of sp³-hybridized carbons (Fsp3) is 0.125. The number of carbonyl (C=O) groups excluding carboxylic acids is 1. The van der Waals surface area contributed by atoms with Gasteiger partial charge in [0.1, 0.15) is 11.9 Å². The predicted octanol–water partition coefficient (Wildman–Crippen LogP) is 0.725. The smallest absolute Gasteiger partial charge is 0.266 e. The molecule has 0 saturated heterocycles. The molecule has 7 heteroatoms. The third kappa shape index (κ3) is 2.83. The monoisotopic (exact) mass is 208 g/mol. The van der Waals surface area contributed by atoms with E-state index in [1.165, 1.54) is 18.3 Å². The summed E-state index contributed by atoms with van der Waals surface area (Å²) in [6.45, 7) is 1.64. The third-order valence-electron chi connectivity index (χ3n) is 1.49. The fourth-order valence-electron chi connectivity index (χ4n) is 0.809. The minimum Gasteiger partial charge on any atom is -0.266 e. The summed E-state index contributed by atoms with van der Waals surface area (Å²) in [7, 11) is 0. The second-order valence-corrected chi connectivity index (χ2v) is 2.49. The molecule has 0 aromatic carbocycles. The zero-order valence-electron chi connectivity index (χ0n) is 7.88. The minimum atomic E-state index is -0.584. The lowest BCUT2D eigenvalue weighted by molar-refractivity contribution is -0.385. The number of rotatable bonds is 3. The second kappa shape index (κ2) is 4.80. The van der Waals surface area contributed by atoms with Crippen molar-refractivity contribution in [3.63, 3.8) is 0 Å². The van der Waals surface area contributed by atoms with Gasteiger partial charge in [-0.2, -0.15) is 5.10 Å². The molecule has 0 aliphatic rings. The number of hydrazone groups is 1. The van der Waals surface area contributed by atoms with Crippen molar-refractivity contribution in [1.29, 1.82) is 0 Å². The van der Waals surface area contributed by atoms with E-state index >= 15 is 0 Å². The van der Waals surface area contributed by atoms with Crippen LogP contribution in [0, 0.1) is 10.1 Å². The first-order valence-corrected chi connectivity index (χ1v) is 4.03. The van der Waals surface area contributed by atoms with Crippen molar-refractivity contribution in [3.05, 3.63) is 34.1 Å². The van der Waals surface area contributed by atoms with Crippen molar-refractivity contribution >= 4 is 17.8 Å². The topological polar surface area (TPSA) is 97.5 Å². The fourth-order valence-corrected chi connectivity index (χ4v) is 0.809. The van der Waals surface area contributed by atoms with Crippen LogP contribution in [-0.4, -0.2) is 22.0 Å². The molecular formula is C8H8N4O3. The summed E-state index contributed by atoms with van der Waals surface area (Å²) in [5.74, 6) is -0.511. The van der Waals surface area contributed by atoms with E-state index in [1.807, 2.05) is 0 Å². The maximum atomic E-state index is 11.2. The Balaban J connectivity index is 2.80. The Hall–Kier alpha value is -2.31. The molecule has 0 spiro atoms. The van der Waals surface area contributed by atoms with E-state index in [0.717, 1.165) is 6.20 Å². The molecule has 0 aliphatic carbocycles. The molecule has 1 aromatic heterocycles. The number of amides is 1. The molecule has 1 N–H and O–H groups in total. The first-order chi connectivity index (χ1) is 7.15. The highest BCUT2D eigenvalue weighted by Gasteiger charge is 2.09. The number of nitro groups is 1. The van der Waals surface area contributed by atoms with Gasteiger partial charge in [0.25, 0.3) is 11.6 Å². The van der Waals surface area contributed by atoms with Crippen molar-refractivity contribution in [2.75, 3.05) is 0 Å². The molecule has 0 unspecified atom stereocenters. The summed E-state index contributed by atoms with van der Waals surface area (Å²) in [5, 5.41) is 13.8. The van der Waals surface area contributed by atoms with Gasteiger partial charge in [-0.3, -0.25) is 14.9 Å². The van der Waals surface area contributed by atoms with Crippen LogP contribution in [0.3, 0.4) is 0 Å². The van der Waals surface area contributed by atoms with E-state index in [4.69, 9.17) is 0 Å². The summed E-state index contributed by atoms with van der Waals surface area (Å²) < 4.78 is 0. The normalized spacial score (nSPS) is 10.2. The Kier molecular flexibility index (Phi) is 3.44. The van der Waals surface area contributed by atoms with Crippen molar-refractivity contribution in [1.82, 2.24) is 10.4 Å². The van der Waals surface area contributed by atoms with E-state index in [9.17, 15) is 14.9 Å². The molecule has 1 aromatic rings. The Morgan fingerprint density at radius 3 is 2.87 bits per heavy atom. The molecule has 15 heavy (non-hydrogen) atoms. The Bertz CT molecular complexity index is 399. The quantitative estimate of drug-likeness (QED) is 0.449. The largest absolute Gasteiger partial charge is 0.289 e. The SMILES string of the molecule is C/C=N/NC(=O)c1ccc([N+](=O)[O-])cn1. The number of hydrogen-bond donors (Lipinski definition) is 1. The van der Waals surface area contributed by atoms with E-state index in [1.54, 1.807) is 6.92 Å². The van der Waals surface area contributed by atoms with Gasteiger partial charge < -0.3 is 0 Å². The van der Waals surface area contributed by atoms with Crippen LogP contribution >= 0.6 is 0 Å². The van der Waals surface area contributed by atoms with Crippen LogP contribution in [0.1, 0.15) is 17.4 Å². The van der Waals surface area contributed by atoms with Gasteiger partial charge in [-0.25, -0.2) is 10.4 Å². The van der Waals surface area contributed by atoms with Crippen LogP contribution < -0.4 is 5.43 Å². The highest BCUT2D eigenvalue weighted by atomic mass is 16.6. The number of nitrogens with one attached hydrogen (secondary N) is 1. The zero-order valence-corrected chi connectivity index (χ0v) is 7.88. The first kappa shape index (κ1) is 10.8. The summed E-state index contributed by atoms with van der Waals surface area (Å²) in [6.07, 6.45) is 2.42. The van der Waals surface area contributed by atoms with E-state index in [0.29, 0.717) is 0 Å². The van der Waals surface area contributed by atoms with Crippen LogP contribution in [0.2, 0.25) is 0 Å². The lowest BCUT2D eigenvalue weighted by Gasteiger charge is -1.97. The molecule has 0 aliphatic heterocycles. The van der Waals surface area contributed by atoms with Crippen LogP contribution in [0.4, 0.5) is 5.69 Å². The van der Waals surface area contributed by atoms with Gasteiger partial charge in [-0.05, 0) is 13.0 Å². The Morgan fingerprint density at radius 2 is 2.40 bits per heavy atom. The van der Waals surface area contributed by atoms with E-state index in [2.05, 4.69) is 15.5 Å². The standard InChI is InChI=1S/C8H8N4O3/c1-2-10-11-8(13)7-4-3-6(5-9-7)12(14)15/h2-5H,1H3,(H,11,13)/b10-2+. The Labute approximate surface area is 85.0 Å². The van der Waals surface area contributed by atoms with Crippen molar-refractivity contribution in [2.24, 2.45) is 5.10 Å². The molecule has 1 amide bonds. The summed E-state index contributed by atoms with van der Waals surface area (Å²) in [6, 6.07) is 2.47. The van der Waals surface area contributed by atoms with Gasteiger partial charge in [0.05, 0.1) is 4.92 Å². The minimum absolute atomic E-state index is 0.0752. The number of nitrogens with zero attached hydrogens (tertiary/aromatic N) is 3. The maximum Gasteiger partial charge on any atom is 0.289 e. The Morgan fingerprint density at radius 1 is 1.67 bits per heavy atom. The molecule has 0 atom stereocenters. The number of aromatic nitrogens is 1. The van der Waals surface area contributed by atoms with Crippen molar-refractivity contribution in [2.45, 2.75) is 6.92 Å². The maximum absolute atomic E-state index is 11.2. The molecule has 7 nitrogen and oxygen atoms in total.